The minimum absolute atomic E-state index is 0.0955. The lowest BCUT2D eigenvalue weighted by molar-refractivity contribution is 0.158. The van der Waals surface area contributed by atoms with Gasteiger partial charge in [-0.2, -0.15) is 10.1 Å². The smallest absolute Gasteiger partial charge is 0.243 e. The van der Waals surface area contributed by atoms with E-state index in [1.165, 1.54) is 12.8 Å². The lowest BCUT2D eigenvalue weighted by Crippen LogP contribution is -2.27. The highest BCUT2D eigenvalue weighted by Gasteiger charge is 2.37. The maximum atomic E-state index is 6.49. The van der Waals surface area contributed by atoms with Crippen LogP contribution < -0.4 is 0 Å². The van der Waals surface area contributed by atoms with Gasteiger partial charge in [0.25, 0.3) is 0 Å². The van der Waals surface area contributed by atoms with Gasteiger partial charge in [0.05, 0.1) is 11.7 Å². The summed E-state index contributed by atoms with van der Waals surface area (Å²) in [4.78, 5) is 7.04. The van der Waals surface area contributed by atoms with Gasteiger partial charge in [-0.1, -0.05) is 16.8 Å². The predicted molar refractivity (Wildman–Crippen MR) is 86.3 cm³/mol. The highest BCUT2D eigenvalue weighted by molar-refractivity contribution is 6.30. The zero-order valence-electron chi connectivity index (χ0n) is 13.8. The molecule has 0 spiro atoms. The van der Waals surface area contributed by atoms with Gasteiger partial charge in [-0.15, -0.1) is 0 Å². The van der Waals surface area contributed by atoms with Crippen molar-refractivity contribution in [2.75, 3.05) is 6.54 Å². The van der Waals surface area contributed by atoms with Crippen molar-refractivity contribution in [3.8, 4) is 0 Å². The van der Waals surface area contributed by atoms with Crippen LogP contribution in [0.5, 0.6) is 0 Å². The van der Waals surface area contributed by atoms with Gasteiger partial charge in [0.1, 0.15) is 5.15 Å². The van der Waals surface area contributed by atoms with E-state index in [4.69, 9.17) is 16.1 Å². The number of hydrogen-bond acceptors (Lipinski definition) is 5. The first-order chi connectivity index (χ1) is 11.1. The second-order valence-corrected chi connectivity index (χ2v) is 7.11. The first-order valence-corrected chi connectivity index (χ1v) is 8.72. The molecule has 1 saturated carbocycles. The first kappa shape index (κ1) is 15.1. The summed E-state index contributed by atoms with van der Waals surface area (Å²) >= 11 is 6.49. The number of rotatable bonds is 4. The molecular weight excluding hydrogens is 314 g/mol. The molecule has 7 heteroatoms. The Kier molecular flexibility index (Phi) is 3.69. The minimum Gasteiger partial charge on any atom is -0.338 e. The second kappa shape index (κ2) is 5.60. The molecule has 2 aromatic heterocycles. The lowest BCUT2D eigenvalue weighted by Gasteiger charge is -2.28. The number of likely N-dealkylation sites (tertiary alicyclic amines) is 1. The monoisotopic (exact) mass is 335 g/mol. The van der Waals surface area contributed by atoms with E-state index in [-0.39, 0.29) is 12.1 Å². The van der Waals surface area contributed by atoms with E-state index >= 15 is 0 Å². The zero-order valence-corrected chi connectivity index (χ0v) is 14.5. The molecule has 2 atom stereocenters. The van der Waals surface area contributed by atoms with E-state index in [2.05, 4.69) is 27.1 Å². The van der Waals surface area contributed by atoms with Crippen LogP contribution in [0.25, 0.3) is 0 Å². The Bertz CT molecular complexity index is 720. The Morgan fingerprint density at radius 3 is 2.74 bits per heavy atom. The van der Waals surface area contributed by atoms with Gasteiger partial charge in [-0.3, -0.25) is 9.58 Å². The molecule has 6 nitrogen and oxygen atoms in total. The summed E-state index contributed by atoms with van der Waals surface area (Å²) in [5, 5.41) is 9.35. The van der Waals surface area contributed by atoms with Crippen LogP contribution in [0.15, 0.2) is 4.52 Å². The normalized spacial score (nSPS) is 23.6. The average Bonchev–Trinajstić information content (AvgIpc) is 2.96. The third-order valence-electron chi connectivity index (χ3n) is 5.08. The average molecular weight is 336 g/mol. The van der Waals surface area contributed by atoms with Gasteiger partial charge < -0.3 is 4.52 Å². The van der Waals surface area contributed by atoms with Gasteiger partial charge in [0.15, 0.2) is 5.82 Å². The highest BCUT2D eigenvalue weighted by Crippen LogP contribution is 2.43. The summed E-state index contributed by atoms with van der Waals surface area (Å²) in [6.07, 6.45) is 4.60. The fourth-order valence-electron chi connectivity index (χ4n) is 3.65. The quantitative estimate of drug-likeness (QED) is 0.855. The molecule has 1 saturated heterocycles. The Labute approximate surface area is 140 Å². The van der Waals surface area contributed by atoms with Crippen molar-refractivity contribution in [1.29, 1.82) is 0 Å². The standard InChI is InChI=1S/C16H22ClN5O/c1-9-13(14(17)21(3)19-9)12-5-4-8-22(12)10(2)16-18-15(20-23-16)11-6-7-11/h10-12H,4-8H2,1-3H3/t10-,12-/m0/s1. The van der Waals surface area contributed by atoms with E-state index in [9.17, 15) is 0 Å². The van der Waals surface area contributed by atoms with E-state index in [1.54, 1.807) is 4.68 Å². The lowest BCUT2D eigenvalue weighted by atomic mass is 10.0. The molecule has 0 radical (unpaired) electrons. The SMILES string of the molecule is Cc1nn(C)c(Cl)c1[C@@H]1CCCN1[C@@H](C)c1nc(C2CC2)no1. The number of nitrogens with zero attached hydrogens (tertiary/aromatic N) is 5. The van der Waals surface area contributed by atoms with Crippen LogP contribution in [0.4, 0.5) is 0 Å². The van der Waals surface area contributed by atoms with Gasteiger partial charge in [0.2, 0.25) is 5.89 Å². The van der Waals surface area contributed by atoms with Gasteiger partial charge in [0, 0.05) is 24.6 Å². The molecule has 0 aromatic carbocycles. The van der Waals surface area contributed by atoms with Crippen LogP contribution in [-0.2, 0) is 7.05 Å². The molecule has 0 unspecified atom stereocenters. The van der Waals surface area contributed by atoms with Crippen molar-refractivity contribution in [2.45, 2.75) is 57.5 Å². The summed E-state index contributed by atoms with van der Waals surface area (Å²) in [7, 11) is 1.89. The predicted octanol–water partition coefficient (Wildman–Crippen LogP) is 3.54. The van der Waals surface area contributed by atoms with Gasteiger partial charge in [-0.25, -0.2) is 0 Å². The number of hydrogen-bond donors (Lipinski definition) is 0. The zero-order chi connectivity index (χ0) is 16.1. The largest absolute Gasteiger partial charge is 0.338 e. The van der Waals surface area contributed by atoms with Crippen LogP contribution in [0.3, 0.4) is 0 Å². The van der Waals surface area contributed by atoms with Crippen LogP contribution in [-0.4, -0.2) is 31.4 Å². The van der Waals surface area contributed by atoms with Gasteiger partial charge >= 0.3 is 0 Å². The fraction of sp³-hybridized carbons (Fsp3) is 0.688. The summed E-state index contributed by atoms with van der Waals surface area (Å²) in [6.45, 7) is 5.18. The Balaban J connectivity index is 1.61. The molecule has 124 valence electrons. The van der Waals surface area contributed by atoms with Crippen LogP contribution in [0, 0.1) is 6.92 Å². The van der Waals surface area contributed by atoms with Crippen molar-refractivity contribution < 1.29 is 4.52 Å². The molecule has 1 aliphatic heterocycles. The molecule has 3 heterocycles. The van der Waals surface area contributed by atoms with Gasteiger partial charge in [-0.05, 0) is 46.1 Å². The summed E-state index contributed by atoms with van der Waals surface area (Å²) in [5.74, 6) is 2.11. The summed E-state index contributed by atoms with van der Waals surface area (Å²) < 4.78 is 7.29. The molecule has 2 aliphatic rings. The Morgan fingerprint density at radius 2 is 2.09 bits per heavy atom. The molecule has 4 rings (SSSR count). The van der Waals surface area contributed by atoms with Crippen LogP contribution in [0.2, 0.25) is 5.15 Å². The van der Waals surface area contributed by atoms with E-state index < -0.39 is 0 Å². The Hall–Kier alpha value is -1.40. The van der Waals surface area contributed by atoms with Crippen molar-refractivity contribution in [3.05, 3.63) is 28.1 Å². The second-order valence-electron chi connectivity index (χ2n) is 6.75. The molecule has 0 N–H and O–H groups in total. The molecule has 1 aliphatic carbocycles. The third kappa shape index (κ3) is 2.58. The Morgan fingerprint density at radius 1 is 1.30 bits per heavy atom. The van der Waals surface area contributed by atoms with Crippen LogP contribution in [0.1, 0.15) is 73.6 Å². The maximum Gasteiger partial charge on any atom is 0.243 e. The number of aromatic nitrogens is 4. The molecule has 23 heavy (non-hydrogen) atoms. The van der Waals surface area contributed by atoms with E-state index in [1.807, 2.05) is 14.0 Å². The fourth-order valence-corrected chi connectivity index (χ4v) is 3.95. The topological polar surface area (TPSA) is 60.0 Å². The minimum atomic E-state index is 0.0955. The van der Waals surface area contributed by atoms with Crippen LogP contribution >= 0.6 is 11.6 Å². The highest BCUT2D eigenvalue weighted by atomic mass is 35.5. The maximum absolute atomic E-state index is 6.49. The first-order valence-electron chi connectivity index (χ1n) is 8.34. The van der Waals surface area contributed by atoms with Crippen molar-refractivity contribution in [3.63, 3.8) is 0 Å². The summed E-state index contributed by atoms with van der Waals surface area (Å²) in [6, 6.07) is 0.362. The van der Waals surface area contributed by atoms with E-state index in [0.717, 1.165) is 47.5 Å². The van der Waals surface area contributed by atoms with Crippen molar-refractivity contribution in [1.82, 2.24) is 24.8 Å². The molecule has 2 aromatic rings. The third-order valence-corrected chi connectivity index (χ3v) is 5.53. The van der Waals surface area contributed by atoms with E-state index in [0.29, 0.717) is 5.92 Å². The number of halogens is 1. The summed E-state index contributed by atoms with van der Waals surface area (Å²) in [5.41, 5.74) is 2.14. The number of aryl methyl sites for hydroxylation is 2. The molecular formula is C16H22ClN5O. The molecule has 2 fully saturated rings. The van der Waals surface area contributed by atoms with Crippen molar-refractivity contribution in [2.24, 2.45) is 7.05 Å². The van der Waals surface area contributed by atoms with Crippen molar-refractivity contribution >= 4 is 11.6 Å². The molecule has 0 bridgehead atoms. The molecule has 0 amide bonds.